The van der Waals surface area contributed by atoms with Crippen LogP contribution in [0.25, 0.3) is 0 Å². The molecule has 3 fully saturated rings. The fourth-order valence-corrected chi connectivity index (χ4v) is 8.02. The van der Waals surface area contributed by atoms with Crippen molar-refractivity contribution in [2.75, 3.05) is 68.1 Å². The number of halogens is 1. The zero-order valence-corrected chi connectivity index (χ0v) is 26.2. The van der Waals surface area contributed by atoms with Crippen LogP contribution in [0.2, 0.25) is 5.02 Å². The molecule has 0 radical (unpaired) electrons. The van der Waals surface area contributed by atoms with Gasteiger partial charge in [-0.3, -0.25) is 4.90 Å². The number of aryl methyl sites for hydroxylation is 1. The van der Waals surface area contributed by atoms with Crippen molar-refractivity contribution in [2.45, 2.75) is 43.4 Å². The normalized spacial score (nSPS) is 20.0. The van der Waals surface area contributed by atoms with E-state index in [0.717, 1.165) is 24.3 Å². The Hall–Kier alpha value is -2.92. The highest BCUT2D eigenvalue weighted by atomic mass is 35.5. The van der Waals surface area contributed by atoms with E-state index in [2.05, 4.69) is 67.5 Å². The summed E-state index contributed by atoms with van der Waals surface area (Å²) in [5.74, 6) is 0.825. The van der Waals surface area contributed by atoms with E-state index in [0.29, 0.717) is 41.4 Å². The van der Waals surface area contributed by atoms with Gasteiger partial charge >= 0.3 is 0 Å². The van der Waals surface area contributed by atoms with Gasteiger partial charge in [-0.15, -0.1) is 0 Å². The number of rotatable bonds is 8. The molecule has 0 bridgehead atoms. The molecule has 2 aliphatic heterocycles. The van der Waals surface area contributed by atoms with Crippen LogP contribution in [0.4, 0.5) is 28.8 Å². The zero-order chi connectivity index (χ0) is 29.5. The SMILES string of the molecule is Cc1cc(Nc2ncc(Cl)c(Nc3ccccc3C3(S(C)(=O)=O)CC3)n2)ccc1N1CCC(N2CCN(C)CC2)CC1. The van der Waals surface area contributed by atoms with Crippen LogP contribution in [0.15, 0.2) is 48.7 Å². The summed E-state index contributed by atoms with van der Waals surface area (Å²) < 4.78 is 24.3. The third-order valence-corrected chi connectivity index (χ3v) is 11.5. The van der Waals surface area contributed by atoms with Gasteiger partial charge in [-0.05, 0) is 75.0 Å². The molecule has 1 aromatic heterocycles. The predicted octanol–water partition coefficient (Wildman–Crippen LogP) is 5.18. The number of para-hydroxylation sites is 1. The Kier molecular flexibility index (Phi) is 8.08. The number of piperazine rings is 1. The number of hydrogen-bond acceptors (Lipinski definition) is 9. The largest absolute Gasteiger partial charge is 0.371 e. The van der Waals surface area contributed by atoms with Gasteiger partial charge in [-0.25, -0.2) is 13.4 Å². The first-order chi connectivity index (χ1) is 20.1. The molecule has 42 heavy (non-hydrogen) atoms. The Balaban J connectivity index is 1.13. The Morgan fingerprint density at radius 1 is 0.976 bits per heavy atom. The van der Waals surface area contributed by atoms with Crippen LogP contribution < -0.4 is 15.5 Å². The average Bonchev–Trinajstić information content (AvgIpc) is 3.79. The number of anilines is 5. The maximum atomic E-state index is 12.6. The Labute approximate surface area is 254 Å². The minimum Gasteiger partial charge on any atom is -0.371 e. The van der Waals surface area contributed by atoms with Gasteiger partial charge in [0.25, 0.3) is 0 Å². The molecule has 2 N–H and O–H groups in total. The van der Waals surface area contributed by atoms with Gasteiger partial charge in [0.1, 0.15) is 5.02 Å². The van der Waals surface area contributed by atoms with Crippen molar-refractivity contribution in [3.05, 3.63) is 64.8 Å². The molecule has 1 aliphatic carbocycles. The van der Waals surface area contributed by atoms with Gasteiger partial charge in [0.2, 0.25) is 5.95 Å². The minimum absolute atomic E-state index is 0.353. The maximum absolute atomic E-state index is 12.6. The van der Waals surface area contributed by atoms with Crippen LogP contribution in [0, 0.1) is 6.92 Å². The lowest BCUT2D eigenvalue weighted by Crippen LogP contribution is -2.52. The second kappa shape index (κ2) is 11.6. The standard InChI is InChI=1S/C31H40ClN7O2S/c1-22-20-23(8-9-28(22)39-14-10-24(11-15-39)38-18-16-37(2)17-19-38)34-30-33-21-26(32)29(36-30)35-27-7-5-4-6-25(27)31(12-13-31)42(3,40)41/h4-9,20-21,24H,10-19H2,1-3H3,(H2,33,34,35,36). The second-order valence-corrected chi connectivity index (χ2v) is 14.7. The molecule has 0 spiro atoms. The quantitative estimate of drug-likeness (QED) is 0.358. The van der Waals surface area contributed by atoms with Crippen molar-refractivity contribution in [1.29, 1.82) is 0 Å². The second-order valence-electron chi connectivity index (χ2n) is 12.0. The molecule has 2 aromatic carbocycles. The number of nitrogens with zero attached hydrogens (tertiary/aromatic N) is 5. The van der Waals surface area contributed by atoms with Crippen LogP contribution in [0.5, 0.6) is 0 Å². The Morgan fingerprint density at radius 2 is 1.69 bits per heavy atom. The van der Waals surface area contributed by atoms with Crippen molar-refractivity contribution in [2.24, 2.45) is 0 Å². The van der Waals surface area contributed by atoms with Crippen LogP contribution in [0.3, 0.4) is 0 Å². The number of sulfone groups is 1. The van der Waals surface area contributed by atoms with Crippen molar-refractivity contribution in [3.63, 3.8) is 0 Å². The first-order valence-electron chi connectivity index (χ1n) is 14.8. The Bertz CT molecular complexity index is 1550. The highest BCUT2D eigenvalue weighted by molar-refractivity contribution is 7.92. The molecule has 2 saturated heterocycles. The van der Waals surface area contributed by atoms with E-state index >= 15 is 0 Å². The van der Waals surface area contributed by atoms with Gasteiger partial charge in [0, 0.05) is 68.6 Å². The molecule has 0 atom stereocenters. The van der Waals surface area contributed by atoms with Crippen molar-refractivity contribution < 1.29 is 8.42 Å². The van der Waals surface area contributed by atoms with Crippen LogP contribution in [-0.2, 0) is 14.6 Å². The third-order valence-electron chi connectivity index (χ3n) is 9.14. The number of piperidine rings is 1. The molecule has 1 saturated carbocycles. The summed E-state index contributed by atoms with van der Waals surface area (Å²) in [5.41, 5.74) is 4.80. The number of nitrogens with one attached hydrogen (secondary N) is 2. The average molecular weight is 610 g/mol. The van der Waals surface area contributed by atoms with E-state index in [1.54, 1.807) is 6.20 Å². The molecule has 3 heterocycles. The number of aromatic nitrogens is 2. The van der Waals surface area contributed by atoms with Crippen molar-refractivity contribution in [1.82, 2.24) is 19.8 Å². The summed E-state index contributed by atoms with van der Waals surface area (Å²) in [6.45, 7) is 8.98. The third kappa shape index (κ3) is 5.95. The van der Waals surface area contributed by atoms with E-state index in [9.17, 15) is 8.42 Å². The Morgan fingerprint density at radius 3 is 2.36 bits per heavy atom. The summed E-state index contributed by atoms with van der Waals surface area (Å²) in [6, 6.07) is 14.5. The van der Waals surface area contributed by atoms with Crippen LogP contribution in [0.1, 0.15) is 36.8 Å². The lowest BCUT2D eigenvalue weighted by molar-refractivity contribution is 0.0982. The highest BCUT2D eigenvalue weighted by Gasteiger charge is 2.54. The summed E-state index contributed by atoms with van der Waals surface area (Å²) in [5, 5.41) is 6.95. The molecular formula is C31H40ClN7O2S. The molecular weight excluding hydrogens is 570 g/mol. The summed E-state index contributed by atoms with van der Waals surface area (Å²) in [6.07, 6.45) is 6.48. The van der Waals surface area contributed by atoms with Crippen molar-refractivity contribution in [3.8, 4) is 0 Å². The summed E-state index contributed by atoms with van der Waals surface area (Å²) in [7, 11) is -1.06. The van der Waals surface area contributed by atoms with Gasteiger partial charge in [0.15, 0.2) is 15.7 Å². The molecule has 3 aromatic rings. The molecule has 3 aliphatic rings. The summed E-state index contributed by atoms with van der Waals surface area (Å²) >= 11 is 6.48. The smallest absolute Gasteiger partial charge is 0.229 e. The van der Waals surface area contributed by atoms with Gasteiger partial charge in [-0.2, -0.15) is 4.98 Å². The molecule has 9 nitrogen and oxygen atoms in total. The van der Waals surface area contributed by atoms with E-state index in [-0.39, 0.29) is 0 Å². The van der Waals surface area contributed by atoms with E-state index in [4.69, 9.17) is 11.6 Å². The lowest BCUT2D eigenvalue weighted by atomic mass is 10.0. The van der Waals surface area contributed by atoms with Crippen LogP contribution >= 0.6 is 11.6 Å². The van der Waals surface area contributed by atoms with E-state index in [1.807, 2.05) is 24.3 Å². The van der Waals surface area contributed by atoms with E-state index < -0.39 is 14.6 Å². The predicted molar refractivity (Wildman–Crippen MR) is 171 cm³/mol. The fraction of sp³-hybridized carbons (Fsp3) is 0.484. The number of hydrogen-bond donors (Lipinski definition) is 2. The number of benzene rings is 2. The molecule has 0 unspecified atom stereocenters. The van der Waals surface area contributed by atoms with Gasteiger partial charge < -0.3 is 20.4 Å². The molecule has 11 heteroatoms. The minimum atomic E-state index is -3.27. The molecule has 6 rings (SSSR count). The van der Waals surface area contributed by atoms with Gasteiger partial charge in [0.05, 0.1) is 10.9 Å². The van der Waals surface area contributed by atoms with Gasteiger partial charge in [-0.1, -0.05) is 29.8 Å². The van der Waals surface area contributed by atoms with Crippen molar-refractivity contribution >= 4 is 50.3 Å². The first kappa shape index (κ1) is 29.2. The molecule has 224 valence electrons. The molecule has 0 amide bonds. The maximum Gasteiger partial charge on any atom is 0.229 e. The fourth-order valence-electron chi connectivity index (χ4n) is 6.46. The topological polar surface area (TPSA) is 93.7 Å². The number of likely N-dealkylation sites (N-methyl/N-ethyl adjacent to an activating group) is 1. The monoisotopic (exact) mass is 609 g/mol. The van der Waals surface area contributed by atoms with E-state index in [1.165, 1.54) is 56.5 Å². The zero-order valence-electron chi connectivity index (χ0n) is 24.6. The first-order valence-corrected chi connectivity index (χ1v) is 17.0. The lowest BCUT2D eigenvalue weighted by Gasteiger charge is -2.43. The highest BCUT2D eigenvalue weighted by Crippen LogP contribution is 2.54. The van der Waals surface area contributed by atoms with Crippen LogP contribution in [-0.4, -0.2) is 86.8 Å². The summed E-state index contributed by atoms with van der Waals surface area (Å²) in [4.78, 5) is 16.6.